The number of fused-ring (bicyclic) bond motifs is 1. The Kier molecular flexibility index (Phi) is 5.79. The Morgan fingerprint density at radius 2 is 1.65 bits per heavy atom. The van der Waals surface area contributed by atoms with Crippen LogP contribution >= 0.6 is 0 Å². The van der Waals surface area contributed by atoms with Gasteiger partial charge < -0.3 is 14.6 Å². The van der Waals surface area contributed by atoms with Crippen molar-refractivity contribution >= 4 is 16.9 Å². The Bertz CT molecular complexity index is 920. The summed E-state index contributed by atoms with van der Waals surface area (Å²) in [5.74, 6) is 0.996. The first-order valence-electron chi connectivity index (χ1n) is 11.9. The maximum absolute atomic E-state index is 10.7. The monoisotopic (exact) mass is 423 g/mol. The highest BCUT2D eigenvalue weighted by molar-refractivity contribution is 5.84. The van der Waals surface area contributed by atoms with Crippen LogP contribution in [0.5, 0.6) is 5.75 Å². The third-order valence-corrected chi connectivity index (χ3v) is 7.79. The lowest BCUT2D eigenvalue weighted by molar-refractivity contribution is 0.0185. The number of nitrogens with zero attached hydrogens (tertiary/aromatic N) is 1. The van der Waals surface area contributed by atoms with E-state index < -0.39 is 6.16 Å². The summed E-state index contributed by atoms with van der Waals surface area (Å²) in [5.41, 5.74) is 1.97. The van der Waals surface area contributed by atoms with Crippen LogP contribution in [0.3, 0.4) is 0 Å². The topological polar surface area (TPSA) is 59.0 Å². The van der Waals surface area contributed by atoms with Crippen LogP contribution in [0.2, 0.25) is 0 Å². The van der Waals surface area contributed by atoms with Gasteiger partial charge in [-0.15, -0.1) is 0 Å². The molecule has 1 saturated heterocycles. The zero-order valence-electron chi connectivity index (χ0n) is 18.2. The predicted octanol–water partition coefficient (Wildman–Crippen LogP) is 5.99. The molecule has 5 rings (SSSR count). The normalized spacial score (nSPS) is 22.3. The summed E-state index contributed by atoms with van der Waals surface area (Å²) in [6.45, 7) is 2.62. The number of carboxylic acid groups (broad SMARTS) is 1. The van der Waals surface area contributed by atoms with Crippen LogP contribution in [0.4, 0.5) is 4.79 Å². The van der Waals surface area contributed by atoms with Crippen molar-refractivity contribution in [2.45, 2.75) is 76.5 Å². The van der Waals surface area contributed by atoms with Crippen molar-refractivity contribution in [1.29, 1.82) is 0 Å². The van der Waals surface area contributed by atoms with E-state index in [9.17, 15) is 4.79 Å². The summed E-state index contributed by atoms with van der Waals surface area (Å²) >= 11 is 0. The van der Waals surface area contributed by atoms with Crippen molar-refractivity contribution in [2.24, 2.45) is 5.41 Å². The molecule has 3 aliphatic rings. The molecule has 0 bridgehead atoms. The minimum absolute atomic E-state index is 0.160. The number of benzene rings is 2. The van der Waals surface area contributed by atoms with Crippen molar-refractivity contribution in [2.75, 3.05) is 13.1 Å². The lowest BCUT2D eigenvalue weighted by atomic mass is 9.60. The molecule has 2 aromatic carbocycles. The fourth-order valence-electron chi connectivity index (χ4n) is 5.72. The zero-order valence-corrected chi connectivity index (χ0v) is 18.2. The lowest BCUT2D eigenvalue weighted by Crippen LogP contribution is -2.37. The summed E-state index contributed by atoms with van der Waals surface area (Å²) in [6, 6.07) is 13.1. The molecular weight excluding hydrogens is 390 g/mol. The average Bonchev–Trinajstić information content (AvgIpc) is 2.74. The molecule has 1 heterocycles. The highest BCUT2D eigenvalue weighted by atomic mass is 16.7. The van der Waals surface area contributed by atoms with Gasteiger partial charge in [-0.2, -0.15) is 0 Å². The Hall–Kier alpha value is -2.27. The summed E-state index contributed by atoms with van der Waals surface area (Å²) < 4.78 is 11.3. The molecule has 1 aliphatic heterocycles. The van der Waals surface area contributed by atoms with E-state index in [4.69, 9.17) is 14.6 Å². The first kappa shape index (κ1) is 20.6. The van der Waals surface area contributed by atoms with Crippen LogP contribution in [-0.2, 0) is 11.3 Å². The van der Waals surface area contributed by atoms with Crippen LogP contribution < -0.4 is 4.74 Å². The molecule has 0 aromatic heterocycles. The number of likely N-dealkylation sites (tertiary alicyclic amines) is 1. The van der Waals surface area contributed by atoms with Crippen molar-refractivity contribution in [3.63, 3.8) is 0 Å². The Morgan fingerprint density at radius 3 is 2.32 bits per heavy atom. The molecule has 31 heavy (non-hydrogen) atoms. The van der Waals surface area contributed by atoms with E-state index in [1.807, 2.05) is 0 Å². The second kappa shape index (κ2) is 8.70. The van der Waals surface area contributed by atoms with E-state index in [1.165, 1.54) is 61.3 Å². The number of hydrogen-bond acceptors (Lipinski definition) is 4. The molecule has 0 amide bonds. The zero-order chi connectivity index (χ0) is 21.3. The van der Waals surface area contributed by atoms with Crippen molar-refractivity contribution in [3.05, 3.63) is 42.0 Å². The molecule has 1 N–H and O–H groups in total. The fraction of sp³-hybridized carbons (Fsp3) is 0.577. The van der Waals surface area contributed by atoms with Crippen LogP contribution in [0.25, 0.3) is 10.8 Å². The van der Waals surface area contributed by atoms with Gasteiger partial charge >= 0.3 is 6.16 Å². The van der Waals surface area contributed by atoms with Crippen molar-refractivity contribution in [3.8, 4) is 5.75 Å². The van der Waals surface area contributed by atoms with Gasteiger partial charge in [-0.3, -0.25) is 4.90 Å². The Morgan fingerprint density at radius 1 is 0.935 bits per heavy atom. The predicted molar refractivity (Wildman–Crippen MR) is 121 cm³/mol. The second-order valence-electron chi connectivity index (χ2n) is 9.87. The van der Waals surface area contributed by atoms with Gasteiger partial charge in [0, 0.05) is 19.6 Å². The van der Waals surface area contributed by atoms with Gasteiger partial charge in [-0.25, -0.2) is 4.79 Å². The fourth-order valence-corrected chi connectivity index (χ4v) is 5.72. The highest BCUT2D eigenvalue weighted by Crippen LogP contribution is 2.51. The van der Waals surface area contributed by atoms with Crippen LogP contribution in [0.15, 0.2) is 36.4 Å². The van der Waals surface area contributed by atoms with E-state index in [2.05, 4.69) is 41.3 Å². The minimum Gasteiger partial charge on any atom is -0.490 e. The third-order valence-electron chi connectivity index (χ3n) is 7.79. The summed E-state index contributed by atoms with van der Waals surface area (Å²) in [6.07, 6.45) is 9.96. The first-order chi connectivity index (χ1) is 15.1. The van der Waals surface area contributed by atoms with Gasteiger partial charge in [0.1, 0.15) is 11.9 Å². The number of carbonyl (C=O) groups is 1. The van der Waals surface area contributed by atoms with Gasteiger partial charge in [-0.05, 0) is 91.3 Å². The third kappa shape index (κ3) is 4.82. The summed E-state index contributed by atoms with van der Waals surface area (Å²) in [7, 11) is 0. The average molecular weight is 424 g/mol. The van der Waals surface area contributed by atoms with Crippen LogP contribution in [0.1, 0.15) is 63.4 Å². The van der Waals surface area contributed by atoms with Crippen LogP contribution in [0, 0.1) is 5.41 Å². The van der Waals surface area contributed by atoms with E-state index >= 15 is 0 Å². The van der Waals surface area contributed by atoms with E-state index in [-0.39, 0.29) is 6.10 Å². The van der Waals surface area contributed by atoms with Gasteiger partial charge in [0.15, 0.2) is 0 Å². The first-order valence-corrected chi connectivity index (χ1v) is 11.9. The van der Waals surface area contributed by atoms with Gasteiger partial charge in [0.25, 0.3) is 0 Å². The lowest BCUT2D eigenvalue weighted by Gasteiger charge is -2.46. The largest absolute Gasteiger partial charge is 0.506 e. The molecular formula is C26H33NO4. The van der Waals surface area contributed by atoms with Gasteiger partial charge in [-0.1, -0.05) is 24.6 Å². The quantitative estimate of drug-likeness (QED) is 0.599. The van der Waals surface area contributed by atoms with E-state index in [0.29, 0.717) is 11.5 Å². The van der Waals surface area contributed by atoms with Crippen molar-refractivity contribution < 1.29 is 19.4 Å². The smallest absolute Gasteiger partial charge is 0.490 e. The number of hydrogen-bond donors (Lipinski definition) is 1. The summed E-state index contributed by atoms with van der Waals surface area (Å²) in [5, 5.41) is 11.2. The number of rotatable bonds is 5. The molecule has 3 fully saturated rings. The highest BCUT2D eigenvalue weighted by Gasteiger charge is 2.40. The molecule has 0 atom stereocenters. The SMILES string of the molecule is O=C(O)OC1CCN(Cc2ccc3cc(OC4CCC5(CCC5)CC4)ccc3c2)CC1. The van der Waals surface area contributed by atoms with Crippen LogP contribution in [-0.4, -0.2) is 41.5 Å². The maximum Gasteiger partial charge on any atom is 0.506 e. The molecule has 0 unspecified atom stereocenters. The molecule has 2 saturated carbocycles. The van der Waals surface area contributed by atoms with E-state index in [1.54, 1.807) is 0 Å². The molecule has 2 aromatic rings. The van der Waals surface area contributed by atoms with Gasteiger partial charge in [0.05, 0.1) is 6.10 Å². The summed E-state index contributed by atoms with van der Waals surface area (Å²) in [4.78, 5) is 13.1. The van der Waals surface area contributed by atoms with E-state index in [0.717, 1.165) is 38.2 Å². The number of piperidine rings is 1. The van der Waals surface area contributed by atoms with Gasteiger partial charge in [0.2, 0.25) is 0 Å². The molecule has 2 aliphatic carbocycles. The molecule has 166 valence electrons. The standard InChI is InChI=1S/C26H33NO4/c28-25(29)31-23-8-14-27(15-9-23)18-19-2-3-21-17-24(5-4-20(21)16-19)30-22-6-12-26(13-7-22)10-1-11-26/h2-5,16-17,22-23H,1,6-15,18H2,(H,28,29). The van der Waals surface area contributed by atoms with Crippen molar-refractivity contribution in [1.82, 2.24) is 4.90 Å². The Labute approximate surface area is 184 Å². The second-order valence-corrected chi connectivity index (χ2v) is 9.87. The maximum atomic E-state index is 10.7. The molecule has 5 nitrogen and oxygen atoms in total. The molecule has 1 spiro atoms. The molecule has 5 heteroatoms. The Balaban J connectivity index is 1.16. The number of ether oxygens (including phenoxy) is 2. The molecule has 0 radical (unpaired) electrons. The minimum atomic E-state index is -1.16.